The molecule has 24 nitrogen and oxygen atoms in total. The highest BCUT2D eigenvalue weighted by atomic mass is 16.6. The molecule has 1 aliphatic carbocycles. The van der Waals surface area contributed by atoms with Gasteiger partial charge in [0.05, 0.1) is 63.3 Å². The first-order chi connectivity index (χ1) is 41.2. The Morgan fingerprint density at radius 1 is 0.540 bits per heavy atom. The summed E-state index contributed by atoms with van der Waals surface area (Å²) < 4.78 is 38.6. The number of carbonyl (C=O) groups is 9. The highest BCUT2D eigenvalue weighted by Gasteiger charge is 2.44. The zero-order valence-corrected chi connectivity index (χ0v) is 51.1. The minimum Gasteiger partial charge on any atom is -0.497 e. The fourth-order valence-corrected chi connectivity index (χ4v) is 10.2. The Bertz CT molecular complexity index is 3180. The molecule has 0 aromatic heterocycles. The van der Waals surface area contributed by atoms with Gasteiger partial charge in [0.15, 0.2) is 0 Å². The van der Waals surface area contributed by atoms with Gasteiger partial charge in [0.2, 0.25) is 17.7 Å². The maximum Gasteiger partial charge on any atom is 0.410 e. The molecule has 2 saturated heterocycles. The van der Waals surface area contributed by atoms with E-state index in [9.17, 15) is 43.2 Å². The number of rotatable bonds is 20. The van der Waals surface area contributed by atoms with Crippen molar-refractivity contribution in [3.8, 4) is 17.2 Å². The number of nitrogens with one attached hydrogen (secondary N) is 6. The molecule has 3 aliphatic rings. The molecular formula is C63H80N8O16. The van der Waals surface area contributed by atoms with E-state index in [1.165, 1.54) is 79.7 Å². The Balaban J connectivity index is 1.06. The second-order valence-corrected chi connectivity index (χ2v) is 24.1. The molecule has 24 heteroatoms. The summed E-state index contributed by atoms with van der Waals surface area (Å²) in [7, 11) is 4.02. The fraction of sp³-hybridized carbons (Fsp3) is 0.476. The van der Waals surface area contributed by atoms with E-state index in [0.29, 0.717) is 25.7 Å². The summed E-state index contributed by atoms with van der Waals surface area (Å²) >= 11 is 0. The van der Waals surface area contributed by atoms with Crippen molar-refractivity contribution in [1.82, 2.24) is 25.8 Å². The van der Waals surface area contributed by atoms with Crippen LogP contribution in [0.4, 0.5) is 31.4 Å². The van der Waals surface area contributed by atoms with Gasteiger partial charge >= 0.3 is 24.2 Å². The molecular weight excluding hydrogens is 1120 g/mol. The Labute approximate surface area is 506 Å². The lowest BCUT2D eigenvalue weighted by Gasteiger charge is -2.24. The van der Waals surface area contributed by atoms with Gasteiger partial charge in [-0.15, -0.1) is 0 Å². The molecule has 0 spiro atoms. The Morgan fingerprint density at radius 3 is 1.49 bits per heavy atom. The zero-order chi connectivity index (χ0) is 63.3. The molecule has 8 amide bonds. The first-order valence-corrected chi connectivity index (χ1v) is 28.9. The molecule has 2 aliphatic heterocycles. The van der Waals surface area contributed by atoms with Crippen LogP contribution < -0.4 is 46.1 Å². The number of ether oxygens (including phenoxy) is 7. The third-order valence-corrected chi connectivity index (χ3v) is 14.5. The van der Waals surface area contributed by atoms with Crippen molar-refractivity contribution in [1.29, 1.82) is 0 Å². The lowest BCUT2D eigenvalue weighted by Crippen LogP contribution is -2.45. The van der Waals surface area contributed by atoms with Crippen LogP contribution in [-0.2, 0) is 39.9 Å². The van der Waals surface area contributed by atoms with Crippen LogP contribution in [0.25, 0.3) is 0 Å². The number of esters is 1. The van der Waals surface area contributed by atoms with Gasteiger partial charge in [0.25, 0.3) is 11.8 Å². The number of likely N-dealkylation sites (tertiary alicyclic amines) is 2. The van der Waals surface area contributed by atoms with Gasteiger partial charge in [-0.2, -0.15) is 0 Å². The SMILES string of the molecule is COC(=O)c1cc(NC(=O)C2CN(C(=O)OC(C)(C)C)CC2NC(=O)c2cc(NC(=O)C3CCCC3NC(=O)c3cc(NC(=O)C4CN(C(=O)OC(C)(C)C)CC4NC(=O)OCc4ccccc4)cc(OC)c3)cc(OCCC(C)C)c2)cc(OC)c1. The molecule has 1 saturated carbocycles. The predicted molar refractivity (Wildman–Crippen MR) is 321 cm³/mol. The maximum absolute atomic E-state index is 14.5. The smallest absolute Gasteiger partial charge is 0.410 e. The first kappa shape index (κ1) is 65.5. The molecule has 468 valence electrons. The lowest BCUT2D eigenvalue weighted by molar-refractivity contribution is -0.120. The summed E-state index contributed by atoms with van der Waals surface area (Å²) in [5, 5.41) is 17.3. The predicted octanol–water partition coefficient (Wildman–Crippen LogP) is 8.16. The van der Waals surface area contributed by atoms with Gasteiger partial charge in [-0.25, -0.2) is 19.2 Å². The summed E-state index contributed by atoms with van der Waals surface area (Å²) in [4.78, 5) is 126. The highest BCUT2D eigenvalue weighted by molar-refractivity contribution is 6.02. The molecule has 4 aromatic rings. The third-order valence-electron chi connectivity index (χ3n) is 14.5. The number of nitrogens with zero attached hydrogens (tertiary/aromatic N) is 2. The quantitative estimate of drug-likeness (QED) is 0.0359. The van der Waals surface area contributed by atoms with Crippen molar-refractivity contribution in [2.75, 3.05) is 70.1 Å². The number of amides is 8. The third kappa shape index (κ3) is 18.7. The Hall–Kier alpha value is -9.09. The van der Waals surface area contributed by atoms with Crippen LogP contribution >= 0.6 is 0 Å². The van der Waals surface area contributed by atoms with Gasteiger partial charge in [-0.05, 0) is 109 Å². The monoisotopic (exact) mass is 1200 g/mol. The molecule has 87 heavy (non-hydrogen) atoms. The maximum atomic E-state index is 14.5. The van der Waals surface area contributed by atoms with E-state index in [1.807, 2.05) is 32.0 Å². The van der Waals surface area contributed by atoms with Gasteiger partial charge in [-0.1, -0.05) is 50.6 Å². The summed E-state index contributed by atoms with van der Waals surface area (Å²) in [6.45, 7) is 14.2. The fourth-order valence-electron chi connectivity index (χ4n) is 10.2. The van der Waals surface area contributed by atoms with Crippen LogP contribution in [-0.4, -0.2) is 147 Å². The van der Waals surface area contributed by atoms with Gasteiger partial charge < -0.3 is 74.9 Å². The topological polar surface area (TPSA) is 297 Å². The van der Waals surface area contributed by atoms with E-state index >= 15 is 0 Å². The van der Waals surface area contributed by atoms with Crippen LogP contribution in [0.2, 0.25) is 0 Å². The van der Waals surface area contributed by atoms with E-state index in [-0.39, 0.29) is 96.3 Å². The number of hydrogen-bond acceptors (Lipinski definition) is 16. The van der Waals surface area contributed by atoms with E-state index in [0.717, 1.165) is 5.56 Å². The molecule has 3 fully saturated rings. The first-order valence-electron chi connectivity index (χ1n) is 28.9. The minimum atomic E-state index is -1.02. The molecule has 2 heterocycles. The summed E-state index contributed by atoms with van der Waals surface area (Å²) in [6, 6.07) is 19.9. The Kier molecular flexibility index (Phi) is 21.7. The number of hydrogen-bond donors (Lipinski definition) is 6. The number of alkyl carbamates (subject to hydrolysis) is 1. The summed E-state index contributed by atoms with van der Waals surface area (Å²) in [5.41, 5.74) is -0.0825. The van der Waals surface area contributed by atoms with E-state index in [1.54, 1.807) is 59.7 Å². The van der Waals surface area contributed by atoms with Crippen LogP contribution in [0.15, 0.2) is 84.9 Å². The summed E-state index contributed by atoms with van der Waals surface area (Å²) in [6.07, 6.45) is -0.0446. The van der Waals surface area contributed by atoms with Crippen molar-refractivity contribution in [2.45, 2.75) is 117 Å². The average Bonchev–Trinajstić information content (AvgIpc) is 2.98. The van der Waals surface area contributed by atoms with Gasteiger partial charge in [-0.3, -0.25) is 24.0 Å². The second kappa shape index (κ2) is 28.9. The van der Waals surface area contributed by atoms with E-state index < -0.39 is 101 Å². The molecule has 4 aromatic carbocycles. The molecule has 6 unspecified atom stereocenters. The van der Waals surface area contributed by atoms with Crippen molar-refractivity contribution in [2.24, 2.45) is 23.7 Å². The van der Waals surface area contributed by atoms with Crippen LogP contribution in [0.3, 0.4) is 0 Å². The lowest BCUT2D eigenvalue weighted by atomic mass is 10.0. The standard InChI is InChI=1S/C63H80N8O16/c1-36(2)20-21-84-46-26-39(54(73)68-51-33-70(60(79)86-62(3,4)5)31-48(51)56(75)66-43-24-40(58(77)83-11)27-45(29-43)82-10)23-42(30-46)64-55(74)47-18-15-19-50(47)67-53(72)38-22-41(28-44(25-38)81-9)65-57(76)49-32-71(61(80)87-63(6,7)8)34-52(49)69-59(78)85-35-37-16-13-12-14-17-37/h12-14,16-17,22-30,36,47-52H,15,18-21,31-35H2,1-11H3,(H,64,74)(H,65,76)(H,66,75)(H,67,72)(H,68,73)(H,69,78). The molecule has 6 N–H and O–H groups in total. The second-order valence-electron chi connectivity index (χ2n) is 24.1. The Morgan fingerprint density at radius 2 is 1.00 bits per heavy atom. The molecule has 0 radical (unpaired) electrons. The molecule has 6 atom stereocenters. The van der Waals surface area contributed by atoms with Crippen LogP contribution in [0.5, 0.6) is 17.2 Å². The van der Waals surface area contributed by atoms with Crippen LogP contribution in [0.1, 0.15) is 118 Å². The van der Waals surface area contributed by atoms with Crippen molar-refractivity contribution < 1.29 is 76.3 Å². The number of methoxy groups -OCH3 is 3. The average molecular weight is 1210 g/mol. The van der Waals surface area contributed by atoms with E-state index in [4.69, 9.17) is 33.2 Å². The summed E-state index contributed by atoms with van der Waals surface area (Å²) in [5.74, 6) is -5.16. The zero-order valence-electron chi connectivity index (χ0n) is 51.1. The van der Waals surface area contributed by atoms with Gasteiger partial charge in [0, 0.05) is 78.6 Å². The normalized spacial score (nSPS) is 19.0. The molecule has 0 bridgehead atoms. The minimum absolute atomic E-state index is 0.0260. The largest absolute Gasteiger partial charge is 0.497 e. The molecule has 7 rings (SSSR count). The highest BCUT2D eigenvalue weighted by Crippen LogP contribution is 2.32. The van der Waals surface area contributed by atoms with Gasteiger partial charge in [0.1, 0.15) is 35.1 Å². The van der Waals surface area contributed by atoms with Crippen molar-refractivity contribution in [3.63, 3.8) is 0 Å². The number of carbonyl (C=O) groups excluding carboxylic acids is 9. The van der Waals surface area contributed by atoms with Crippen molar-refractivity contribution in [3.05, 3.63) is 107 Å². The number of benzene rings is 4. The van der Waals surface area contributed by atoms with Crippen LogP contribution in [0, 0.1) is 23.7 Å². The van der Waals surface area contributed by atoms with E-state index in [2.05, 4.69) is 31.9 Å². The van der Waals surface area contributed by atoms with Crippen molar-refractivity contribution >= 4 is 70.8 Å². The number of anilines is 3.